The van der Waals surface area contributed by atoms with Gasteiger partial charge in [-0.15, -0.1) is 0 Å². The van der Waals surface area contributed by atoms with Gasteiger partial charge in [0.05, 0.1) is 0 Å². The molecule has 0 fully saturated rings. The molecule has 3 nitrogen and oxygen atoms in total. The second-order valence-electron chi connectivity index (χ2n) is 4.27. The lowest BCUT2D eigenvalue weighted by Crippen LogP contribution is -2.32. The van der Waals surface area contributed by atoms with Crippen LogP contribution >= 0.6 is 15.9 Å². The minimum absolute atomic E-state index is 0.151. The Morgan fingerprint density at radius 2 is 2.00 bits per heavy atom. The predicted molar refractivity (Wildman–Crippen MR) is 78.4 cm³/mol. The Kier molecular flexibility index (Phi) is 7.02. The van der Waals surface area contributed by atoms with E-state index in [1.807, 2.05) is 19.9 Å². The van der Waals surface area contributed by atoms with Crippen molar-refractivity contribution in [2.45, 2.75) is 26.8 Å². The van der Waals surface area contributed by atoms with Gasteiger partial charge >= 0.3 is 0 Å². The van der Waals surface area contributed by atoms with Crippen molar-refractivity contribution in [1.29, 1.82) is 0 Å². The number of benzene rings is 1. The van der Waals surface area contributed by atoms with Crippen LogP contribution in [0.5, 0.6) is 0 Å². The van der Waals surface area contributed by atoms with Crippen molar-refractivity contribution < 1.29 is 9.18 Å². The van der Waals surface area contributed by atoms with E-state index in [9.17, 15) is 9.18 Å². The van der Waals surface area contributed by atoms with Crippen LogP contribution < -0.4 is 5.32 Å². The standard InChI is InChI=1S/C14H20BrFN2O/c1-3-18(4-2)14(19)5-6-17-10-11-7-12(15)9-13(16)8-11/h7-9,17H,3-6,10H2,1-2H3. The number of hydrogen-bond donors (Lipinski definition) is 1. The van der Waals surface area contributed by atoms with Gasteiger partial charge in [0.2, 0.25) is 5.91 Å². The molecule has 0 aliphatic heterocycles. The molecule has 106 valence electrons. The zero-order valence-electron chi connectivity index (χ0n) is 11.4. The first-order valence-corrected chi connectivity index (χ1v) is 7.29. The second-order valence-corrected chi connectivity index (χ2v) is 5.19. The van der Waals surface area contributed by atoms with E-state index >= 15 is 0 Å². The van der Waals surface area contributed by atoms with Crippen molar-refractivity contribution in [3.8, 4) is 0 Å². The van der Waals surface area contributed by atoms with Crippen molar-refractivity contribution in [3.63, 3.8) is 0 Å². The first kappa shape index (κ1) is 16.1. The molecule has 0 aliphatic carbocycles. The lowest BCUT2D eigenvalue weighted by molar-refractivity contribution is -0.130. The lowest BCUT2D eigenvalue weighted by Gasteiger charge is -2.18. The lowest BCUT2D eigenvalue weighted by atomic mass is 10.2. The second kappa shape index (κ2) is 8.27. The highest BCUT2D eigenvalue weighted by Gasteiger charge is 2.08. The zero-order chi connectivity index (χ0) is 14.3. The SMILES string of the molecule is CCN(CC)C(=O)CCNCc1cc(F)cc(Br)c1. The molecule has 0 heterocycles. The van der Waals surface area contributed by atoms with Gasteiger partial charge in [-0.25, -0.2) is 4.39 Å². The molecule has 0 saturated heterocycles. The van der Waals surface area contributed by atoms with E-state index in [2.05, 4.69) is 21.2 Å². The summed E-state index contributed by atoms with van der Waals surface area (Å²) in [5.74, 6) is -0.108. The summed E-state index contributed by atoms with van der Waals surface area (Å²) in [7, 11) is 0. The number of nitrogens with one attached hydrogen (secondary N) is 1. The van der Waals surface area contributed by atoms with Crippen LogP contribution in [0.15, 0.2) is 22.7 Å². The van der Waals surface area contributed by atoms with E-state index in [1.165, 1.54) is 12.1 Å². The Morgan fingerprint density at radius 1 is 1.32 bits per heavy atom. The third kappa shape index (κ3) is 5.70. The molecule has 0 spiro atoms. The van der Waals surface area contributed by atoms with Gasteiger partial charge in [0.25, 0.3) is 0 Å². The molecule has 5 heteroatoms. The van der Waals surface area contributed by atoms with Gasteiger partial charge in [-0.1, -0.05) is 15.9 Å². The highest BCUT2D eigenvalue weighted by atomic mass is 79.9. The quantitative estimate of drug-likeness (QED) is 0.779. The summed E-state index contributed by atoms with van der Waals surface area (Å²) in [5, 5.41) is 3.16. The van der Waals surface area contributed by atoms with E-state index in [0.717, 1.165) is 23.1 Å². The minimum atomic E-state index is -0.259. The van der Waals surface area contributed by atoms with E-state index < -0.39 is 0 Å². The molecule has 0 atom stereocenters. The summed E-state index contributed by atoms with van der Waals surface area (Å²) >= 11 is 3.25. The van der Waals surface area contributed by atoms with Crippen molar-refractivity contribution in [3.05, 3.63) is 34.1 Å². The van der Waals surface area contributed by atoms with Gasteiger partial charge < -0.3 is 10.2 Å². The van der Waals surface area contributed by atoms with Crippen LogP contribution in [0.25, 0.3) is 0 Å². The van der Waals surface area contributed by atoms with Crippen molar-refractivity contribution >= 4 is 21.8 Å². The summed E-state index contributed by atoms with van der Waals surface area (Å²) in [6.07, 6.45) is 0.470. The van der Waals surface area contributed by atoms with Crippen molar-refractivity contribution in [1.82, 2.24) is 10.2 Å². The van der Waals surface area contributed by atoms with Gasteiger partial charge in [0.15, 0.2) is 0 Å². The first-order chi connectivity index (χ1) is 9.06. The highest BCUT2D eigenvalue weighted by Crippen LogP contribution is 2.14. The van der Waals surface area contributed by atoms with Crippen LogP contribution in [0.3, 0.4) is 0 Å². The predicted octanol–water partition coefficient (Wildman–Crippen LogP) is 2.94. The molecule has 0 unspecified atom stereocenters. The highest BCUT2D eigenvalue weighted by molar-refractivity contribution is 9.10. The number of hydrogen-bond acceptors (Lipinski definition) is 2. The molecule has 1 N–H and O–H groups in total. The molecule has 1 aromatic rings. The van der Waals surface area contributed by atoms with Crippen molar-refractivity contribution in [2.24, 2.45) is 0 Å². The summed E-state index contributed by atoms with van der Waals surface area (Å²) in [5.41, 5.74) is 0.863. The first-order valence-electron chi connectivity index (χ1n) is 6.50. The van der Waals surface area contributed by atoms with Crippen molar-refractivity contribution in [2.75, 3.05) is 19.6 Å². The summed E-state index contributed by atoms with van der Waals surface area (Å²) in [4.78, 5) is 13.5. The number of carbonyl (C=O) groups is 1. The number of rotatable bonds is 7. The van der Waals surface area contributed by atoms with Gasteiger partial charge in [0.1, 0.15) is 5.82 Å². The van der Waals surface area contributed by atoms with Crippen LogP contribution in [0.1, 0.15) is 25.8 Å². The van der Waals surface area contributed by atoms with Gasteiger partial charge in [-0.3, -0.25) is 4.79 Å². The summed E-state index contributed by atoms with van der Waals surface area (Å²) in [6.45, 7) is 6.59. The maximum absolute atomic E-state index is 13.1. The normalized spacial score (nSPS) is 10.5. The van der Waals surface area contributed by atoms with E-state index in [-0.39, 0.29) is 11.7 Å². The molecule has 0 radical (unpaired) electrons. The van der Waals surface area contributed by atoms with Gasteiger partial charge in [-0.2, -0.15) is 0 Å². The Morgan fingerprint density at radius 3 is 2.58 bits per heavy atom. The minimum Gasteiger partial charge on any atom is -0.343 e. The fraction of sp³-hybridized carbons (Fsp3) is 0.500. The molecule has 1 aromatic carbocycles. The molecule has 1 rings (SSSR count). The van der Waals surface area contributed by atoms with E-state index in [0.29, 0.717) is 19.5 Å². The maximum Gasteiger partial charge on any atom is 0.223 e. The number of halogens is 2. The molecular formula is C14H20BrFN2O. The number of amides is 1. The fourth-order valence-electron chi connectivity index (χ4n) is 1.88. The Labute approximate surface area is 122 Å². The number of carbonyl (C=O) groups excluding carboxylic acids is 1. The summed E-state index contributed by atoms with van der Waals surface area (Å²) in [6, 6.07) is 4.78. The Hall–Kier alpha value is -0.940. The monoisotopic (exact) mass is 330 g/mol. The number of nitrogens with zero attached hydrogens (tertiary/aromatic N) is 1. The van der Waals surface area contributed by atoms with E-state index in [1.54, 1.807) is 4.90 Å². The van der Waals surface area contributed by atoms with Gasteiger partial charge in [-0.05, 0) is 37.6 Å². The Bertz CT molecular complexity index is 402. The third-order valence-corrected chi connectivity index (χ3v) is 3.34. The smallest absolute Gasteiger partial charge is 0.223 e. The topological polar surface area (TPSA) is 32.3 Å². The van der Waals surface area contributed by atoms with Crippen LogP contribution in [-0.4, -0.2) is 30.4 Å². The maximum atomic E-state index is 13.1. The van der Waals surface area contributed by atoms with E-state index in [4.69, 9.17) is 0 Å². The molecule has 1 amide bonds. The van der Waals surface area contributed by atoms with Crippen LogP contribution in [0.4, 0.5) is 4.39 Å². The van der Waals surface area contributed by atoms with Crippen LogP contribution in [0.2, 0.25) is 0 Å². The largest absolute Gasteiger partial charge is 0.343 e. The molecular weight excluding hydrogens is 311 g/mol. The average molecular weight is 331 g/mol. The molecule has 0 aliphatic rings. The molecule has 0 bridgehead atoms. The zero-order valence-corrected chi connectivity index (χ0v) is 13.0. The fourth-order valence-corrected chi connectivity index (χ4v) is 2.39. The van der Waals surface area contributed by atoms with Crippen LogP contribution in [0, 0.1) is 5.82 Å². The average Bonchev–Trinajstić information content (AvgIpc) is 2.35. The Balaban J connectivity index is 2.32. The third-order valence-electron chi connectivity index (χ3n) is 2.88. The van der Waals surface area contributed by atoms with Crippen LogP contribution in [-0.2, 0) is 11.3 Å². The molecule has 19 heavy (non-hydrogen) atoms. The molecule has 0 saturated carbocycles. The summed E-state index contributed by atoms with van der Waals surface area (Å²) < 4.78 is 13.9. The van der Waals surface area contributed by atoms with Gasteiger partial charge in [0, 0.05) is 37.1 Å². The molecule has 0 aromatic heterocycles.